The zero-order valence-electron chi connectivity index (χ0n) is 11.1. The van der Waals surface area contributed by atoms with Crippen LogP contribution in [-0.2, 0) is 4.79 Å². The highest BCUT2D eigenvalue weighted by Crippen LogP contribution is 2.33. The number of likely N-dealkylation sites (tertiary alicyclic amines) is 1. The number of halogens is 3. The molecule has 5 nitrogen and oxygen atoms in total. The van der Waals surface area contributed by atoms with E-state index < -0.39 is 23.8 Å². The molecule has 1 saturated heterocycles. The second-order valence-electron chi connectivity index (χ2n) is 5.11. The first-order valence-electron chi connectivity index (χ1n) is 6.06. The summed E-state index contributed by atoms with van der Waals surface area (Å²) in [7, 11) is 0. The van der Waals surface area contributed by atoms with Crippen LogP contribution in [0.3, 0.4) is 0 Å². The standard InChI is InChI=1S/C13H13ClF2N2O3/c1-13(11(17)20)5-18(6-13)10(19)8-4-7(14)2-3-9(8)21-12(15)16/h2-4,12H,5-6H2,1H3,(H2,17,20). The number of primary amides is 1. The normalized spacial score (nSPS) is 16.5. The van der Waals surface area contributed by atoms with Crippen LogP contribution in [-0.4, -0.2) is 36.4 Å². The summed E-state index contributed by atoms with van der Waals surface area (Å²) in [5.74, 6) is -1.30. The number of carbonyl (C=O) groups is 2. The molecule has 8 heteroatoms. The van der Waals surface area contributed by atoms with E-state index in [1.807, 2.05) is 0 Å². The third-order valence-electron chi connectivity index (χ3n) is 3.35. The molecule has 0 unspecified atom stereocenters. The van der Waals surface area contributed by atoms with Crippen LogP contribution in [0.2, 0.25) is 5.02 Å². The molecule has 0 aliphatic carbocycles. The number of nitrogens with two attached hydrogens (primary N) is 1. The molecule has 1 aliphatic rings. The molecule has 2 N–H and O–H groups in total. The van der Waals surface area contributed by atoms with Crippen molar-refractivity contribution in [2.75, 3.05) is 13.1 Å². The number of hydrogen-bond donors (Lipinski definition) is 1. The van der Waals surface area contributed by atoms with Crippen LogP contribution < -0.4 is 10.5 Å². The molecule has 1 heterocycles. The monoisotopic (exact) mass is 318 g/mol. The van der Waals surface area contributed by atoms with Gasteiger partial charge in [-0.15, -0.1) is 0 Å². The molecular weight excluding hydrogens is 306 g/mol. The summed E-state index contributed by atoms with van der Waals surface area (Å²) in [6, 6.07) is 3.80. The molecule has 1 aromatic carbocycles. The van der Waals surface area contributed by atoms with Gasteiger partial charge in [0.2, 0.25) is 5.91 Å². The van der Waals surface area contributed by atoms with Crippen LogP contribution in [0.25, 0.3) is 0 Å². The molecule has 0 spiro atoms. The van der Waals surface area contributed by atoms with Crippen LogP contribution in [0.4, 0.5) is 8.78 Å². The quantitative estimate of drug-likeness (QED) is 0.921. The topological polar surface area (TPSA) is 72.6 Å². The number of rotatable bonds is 4. The van der Waals surface area contributed by atoms with Crippen molar-refractivity contribution in [3.63, 3.8) is 0 Å². The molecule has 2 rings (SSSR count). The zero-order valence-corrected chi connectivity index (χ0v) is 11.9. The van der Waals surface area contributed by atoms with Gasteiger partial charge in [0, 0.05) is 18.1 Å². The number of ether oxygens (including phenoxy) is 1. The lowest BCUT2D eigenvalue weighted by molar-refractivity contribution is -0.134. The van der Waals surface area contributed by atoms with Gasteiger partial charge in [-0.2, -0.15) is 8.78 Å². The van der Waals surface area contributed by atoms with Crippen LogP contribution >= 0.6 is 11.6 Å². The molecule has 0 bridgehead atoms. The van der Waals surface area contributed by atoms with E-state index in [-0.39, 0.29) is 29.4 Å². The third kappa shape index (κ3) is 3.07. The number of hydrogen-bond acceptors (Lipinski definition) is 3. The Bertz CT molecular complexity index is 589. The van der Waals surface area contributed by atoms with E-state index in [0.717, 1.165) is 0 Å². The molecule has 2 amide bonds. The van der Waals surface area contributed by atoms with Crippen molar-refractivity contribution in [1.29, 1.82) is 0 Å². The molecule has 0 saturated carbocycles. The van der Waals surface area contributed by atoms with Gasteiger partial charge >= 0.3 is 6.61 Å². The van der Waals surface area contributed by atoms with Gasteiger partial charge in [0.1, 0.15) is 5.75 Å². The van der Waals surface area contributed by atoms with E-state index >= 15 is 0 Å². The number of benzene rings is 1. The number of carbonyl (C=O) groups excluding carboxylic acids is 2. The average molecular weight is 319 g/mol. The fourth-order valence-electron chi connectivity index (χ4n) is 2.13. The smallest absolute Gasteiger partial charge is 0.387 e. The Kier molecular flexibility index (Phi) is 4.04. The van der Waals surface area contributed by atoms with Gasteiger partial charge in [0.15, 0.2) is 0 Å². The summed E-state index contributed by atoms with van der Waals surface area (Å²) in [6.07, 6.45) is 0. The fourth-order valence-corrected chi connectivity index (χ4v) is 2.31. The summed E-state index contributed by atoms with van der Waals surface area (Å²) in [6.45, 7) is -1.16. The molecular formula is C13H13ClF2N2O3. The molecule has 0 aromatic heterocycles. The molecule has 114 valence electrons. The molecule has 0 radical (unpaired) electrons. The highest BCUT2D eigenvalue weighted by molar-refractivity contribution is 6.31. The lowest BCUT2D eigenvalue weighted by Crippen LogP contribution is -2.62. The Morgan fingerprint density at radius 1 is 1.43 bits per heavy atom. The Balaban J connectivity index is 2.20. The summed E-state index contributed by atoms with van der Waals surface area (Å²) >= 11 is 5.78. The second-order valence-corrected chi connectivity index (χ2v) is 5.54. The molecule has 1 aromatic rings. The van der Waals surface area contributed by atoms with Crippen molar-refractivity contribution >= 4 is 23.4 Å². The van der Waals surface area contributed by atoms with Gasteiger partial charge < -0.3 is 15.4 Å². The van der Waals surface area contributed by atoms with Gasteiger partial charge in [-0.25, -0.2) is 0 Å². The predicted molar refractivity (Wildman–Crippen MR) is 71.3 cm³/mol. The Morgan fingerprint density at radius 2 is 2.05 bits per heavy atom. The van der Waals surface area contributed by atoms with E-state index in [9.17, 15) is 18.4 Å². The maximum absolute atomic E-state index is 12.3. The second kappa shape index (κ2) is 5.48. The van der Waals surface area contributed by atoms with E-state index in [4.69, 9.17) is 17.3 Å². The van der Waals surface area contributed by atoms with Crippen molar-refractivity contribution in [3.05, 3.63) is 28.8 Å². The van der Waals surface area contributed by atoms with Crippen LogP contribution in [0.5, 0.6) is 5.75 Å². The molecule has 0 atom stereocenters. The van der Waals surface area contributed by atoms with Crippen molar-refractivity contribution in [1.82, 2.24) is 4.90 Å². The van der Waals surface area contributed by atoms with Crippen molar-refractivity contribution in [2.24, 2.45) is 11.1 Å². The maximum atomic E-state index is 12.3. The van der Waals surface area contributed by atoms with E-state index in [1.165, 1.54) is 23.1 Å². The Morgan fingerprint density at radius 3 is 2.57 bits per heavy atom. The first-order chi connectivity index (χ1) is 9.73. The summed E-state index contributed by atoms with van der Waals surface area (Å²) in [5.41, 5.74) is 4.36. The SMILES string of the molecule is CC1(C(N)=O)CN(C(=O)c2cc(Cl)ccc2OC(F)F)C1. The Hall–Kier alpha value is -1.89. The van der Waals surface area contributed by atoms with Crippen molar-refractivity contribution < 1.29 is 23.1 Å². The zero-order chi connectivity index (χ0) is 15.8. The lowest BCUT2D eigenvalue weighted by Gasteiger charge is -2.45. The van der Waals surface area contributed by atoms with E-state index in [0.29, 0.717) is 0 Å². The van der Waals surface area contributed by atoms with Gasteiger partial charge in [-0.3, -0.25) is 9.59 Å². The van der Waals surface area contributed by atoms with Crippen molar-refractivity contribution in [2.45, 2.75) is 13.5 Å². The summed E-state index contributed by atoms with van der Waals surface area (Å²) in [5, 5.41) is 0.221. The average Bonchev–Trinajstić information content (AvgIpc) is 2.35. The number of amides is 2. The first kappa shape index (κ1) is 15.5. The van der Waals surface area contributed by atoms with E-state index in [2.05, 4.69) is 4.74 Å². The first-order valence-corrected chi connectivity index (χ1v) is 6.44. The highest BCUT2D eigenvalue weighted by Gasteiger charge is 2.46. The number of alkyl halides is 2. The number of nitrogens with zero attached hydrogens (tertiary/aromatic N) is 1. The van der Waals surface area contributed by atoms with Gasteiger partial charge in [0.25, 0.3) is 5.91 Å². The van der Waals surface area contributed by atoms with Crippen LogP contribution in [0.1, 0.15) is 17.3 Å². The van der Waals surface area contributed by atoms with Gasteiger partial charge in [-0.1, -0.05) is 11.6 Å². The third-order valence-corrected chi connectivity index (χ3v) is 3.58. The van der Waals surface area contributed by atoms with Gasteiger partial charge in [-0.05, 0) is 25.1 Å². The molecule has 1 fully saturated rings. The van der Waals surface area contributed by atoms with Crippen molar-refractivity contribution in [3.8, 4) is 5.75 Å². The summed E-state index contributed by atoms with van der Waals surface area (Å²) in [4.78, 5) is 24.8. The lowest BCUT2D eigenvalue weighted by atomic mass is 9.81. The molecule has 1 aliphatic heterocycles. The summed E-state index contributed by atoms with van der Waals surface area (Å²) < 4.78 is 29.0. The van der Waals surface area contributed by atoms with Gasteiger partial charge in [0.05, 0.1) is 11.0 Å². The highest BCUT2D eigenvalue weighted by atomic mass is 35.5. The minimum absolute atomic E-state index is 0.0747. The Labute approximate surface area is 124 Å². The largest absolute Gasteiger partial charge is 0.434 e. The van der Waals surface area contributed by atoms with E-state index in [1.54, 1.807) is 6.92 Å². The minimum atomic E-state index is -3.05. The molecule has 21 heavy (non-hydrogen) atoms. The fraction of sp³-hybridized carbons (Fsp3) is 0.385. The van der Waals surface area contributed by atoms with Crippen LogP contribution in [0, 0.1) is 5.41 Å². The van der Waals surface area contributed by atoms with Crippen LogP contribution in [0.15, 0.2) is 18.2 Å². The maximum Gasteiger partial charge on any atom is 0.387 e. The minimum Gasteiger partial charge on any atom is -0.434 e. The predicted octanol–water partition coefficient (Wildman–Crippen LogP) is 1.89.